The number of hydrogen-bond donors (Lipinski definition) is 3. The number of rotatable bonds is 6. The first kappa shape index (κ1) is 12.0. The number of carboxylic acid groups (broad SMARTS) is 1. The molecule has 1 aromatic rings. The summed E-state index contributed by atoms with van der Waals surface area (Å²) < 4.78 is 4.26. The third-order valence-electron chi connectivity index (χ3n) is 1.83. The summed E-state index contributed by atoms with van der Waals surface area (Å²) in [5, 5.41) is 17.5. The van der Waals surface area contributed by atoms with Crippen LogP contribution in [0.15, 0.2) is 4.63 Å². The fraction of sp³-hybridized carbons (Fsp3) is 0.500. The van der Waals surface area contributed by atoms with Crippen molar-refractivity contribution in [2.75, 3.05) is 12.3 Å². The summed E-state index contributed by atoms with van der Waals surface area (Å²) in [5.74, 6) is -1.40. The van der Waals surface area contributed by atoms with Gasteiger partial charge in [-0.1, -0.05) is 0 Å². The van der Waals surface area contributed by atoms with Crippen molar-refractivity contribution in [3.63, 3.8) is 0 Å². The number of carbonyl (C=O) groups excluding carboxylic acids is 1. The van der Waals surface area contributed by atoms with Gasteiger partial charge in [0.05, 0.1) is 0 Å². The van der Waals surface area contributed by atoms with E-state index in [1.54, 1.807) is 0 Å². The maximum Gasteiger partial charge on any atom is 0.303 e. The van der Waals surface area contributed by atoms with Crippen molar-refractivity contribution in [3.05, 3.63) is 5.69 Å². The van der Waals surface area contributed by atoms with Crippen molar-refractivity contribution in [2.24, 2.45) is 0 Å². The maximum atomic E-state index is 11.4. The third-order valence-corrected chi connectivity index (χ3v) is 1.83. The molecule has 0 saturated carbocycles. The van der Waals surface area contributed by atoms with E-state index in [2.05, 4.69) is 20.3 Å². The fourth-order valence-electron chi connectivity index (χ4n) is 1.04. The molecule has 0 radical (unpaired) electrons. The number of amides is 1. The van der Waals surface area contributed by atoms with E-state index in [4.69, 9.17) is 10.8 Å². The van der Waals surface area contributed by atoms with Gasteiger partial charge in [0, 0.05) is 13.0 Å². The molecular weight excluding hydrogens is 216 g/mol. The molecule has 0 spiro atoms. The zero-order valence-electron chi connectivity index (χ0n) is 8.47. The number of aromatic nitrogens is 2. The van der Waals surface area contributed by atoms with Gasteiger partial charge in [-0.2, -0.15) is 0 Å². The first-order chi connectivity index (χ1) is 7.61. The highest BCUT2D eigenvalue weighted by molar-refractivity contribution is 5.95. The van der Waals surface area contributed by atoms with Crippen molar-refractivity contribution in [1.29, 1.82) is 0 Å². The van der Waals surface area contributed by atoms with Crippen LogP contribution in [0.4, 0.5) is 5.82 Å². The Kier molecular flexibility index (Phi) is 4.25. The van der Waals surface area contributed by atoms with Gasteiger partial charge in [0.1, 0.15) is 0 Å². The molecule has 8 heteroatoms. The molecule has 0 atom stereocenters. The van der Waals surface area contributed by atoms with Crippen LogP contribution >= 0.6 is 0 Å². The number of aliphatic carboxylic acids is 1. The van der Waals surface area contributed by atoms with Crippen LogP contribution in [0.2, 0.25) is 0 Å². The van der Waals surface area contributed by atoms with Gasteiger partial charge in [0.2, 0.25) is 11.5 Å². The van der Waals surface area contributed by atoms with Gasteiger partial charge in [-0.05, 0) is 23.2 Å². The molecule has 0 saturated heterocycles. The molecule has 1 rings (SSSR count). The monoisotopic (exact) mass is 228 g/mol. The number of carboxylic acids is 1. The Morgan fingerprint density at radius 2 is 2.12 bits per heavy atom. The Balaban J connectivity index is 2.21. The van der Waals surface area contributed by atoms with Crippen molar-refractivity contribution >= 4 is 17.7 Å². The Labute approximate surface area is 90.8 Å². The molecule has 0 aromatic carbocycles. The number of unbranched alkanes of at least 4 members (excludes halogenated alkanes) is 1. The van der Waals surface area contributed by atoms with Gasteiger partial charge < -0.3 is 16.2 Å². The SMILES string of the molecule is Nc1nonc1C(=O)NCCCCC(=O)O. The molecule has 1 amide bonds. The molecule has 0 fully saturated rings. The summed E-state index contributed by atoms with van der Waals surface area (Å²) in [4.78, 5) is 21.5. The van der Waals surface area contributed by atoms with E-state index in [-0.39, 0.29) is 17.9 Å². The topological polar surface area (TPSA) is 131 Å². The third kappa shape index (κ3) is 3.56. The summed E-state index contributed by atoms with van der Waals surface area (Å²) in [7, 11) is 0. The summed E-state index contributed by atoms with van der Waals surface area (Å²) in [6, 6.07) is 0. The summed E-state index contributed by atoms with van der Waals surface area (Å²) >= 11 is 0. The van der Waals surface area contributed by atoms with Crippen molar-refractivity contribution in [2.45, 2.75) is 19.3 Å². The number of nitrogens with zero attached hydrogens (tertiary/aromatic N) is 2. The average Bonchev–Trinajstić information content (AvgIpc) is 2.63. The minimum absolute atomic E-state index is 0.0572. The molecule has 4 N–H and O–H groups in total. The number of anilines is 1. The van der Waals surface area contributed by atoms with Crippen LogP contribution in [-0.2, 0) is 4.79 Å². The largest absolute Gasteiger partial charge is 0.481 e. The second-order valence-corrected chi connectivity index (χ2v) is 3.10. The Hall–Kier alpha value is -2.12. The van der Waals surface area contributed by atoms with E-state index in [1.807, 2.05) is 0 Å². The van der Waals surface area contributed by atoms with E-state index >= 15 is 0 Å². The lowest BCUT2D eigenvalue weighted by atomic mass is 10.2. The van der Waals surface area contributed by atoms with E-state index in [1.165, 1.54) is 0 Å². The zero-order valence-corrected chi connectivity index (χ0v) is 8.47. The molecule has 1 heterocycles. The first-order valence-electron chi connectivity index (χ1n) is 4.69. The Morgan fingerprint density at radius 3 is 2.69 bits per heavy atom. The first-order valence-corrected chi connectivity index (χ1v) is 4.69. The lowest BCUT2D eigenvalue weighted by Crippen LogP contribution is -2.25. The van der Waals surface area contributed by atoms with Gasteiger partial charge in [-0.25, -0.2) is 4.63 Å². The average molecular weight is 228 g/mol. The molecular formula is C8H12N4O4. The number of nitrogens with one attached hydrogen (secondary N) is 1. The number of hydrogen-bond acceptors (Lipinski definition) is 6. The zero-order chi connectivity index (χ0) is 12.0. The molecule has 1 aromatic heterocycles. The van der Waals surface area contributed by atoms with E-state index in [0.717, 1.165) is 0 Å². The molecule has 0 unspecified atom stereocenters. The predicted octanol–water partition coefficient (Wildman–Crippen LogP) is -0.364. The van der Waals surface area contributed by atoms with Crippen LogP contribution in [0, 0.1) is 0 Å². The lowest BCUT2D eigenvalue weighted by Gasteiger charge is -2.01. The highest BCUT2D eigenvalue weighted by Gasteiger charge is 2.14. The molecule has 0 aliphatic rings. The molecule has 16 heavy (non-hydrogen) atoms. The van der Waals surface area contributed by atoms with Gasteiger partial charge >= 0.3 is 5.97 Å². The van der Waals surface area contributed by atoms with Crippen LogP contribution in [-0.4, -0.2) is 33.8 Å². The maximum absolute atomic E-state index is 11.4. The van der Waals surface area contributed by atoms with Crippen LogP contribution < -0.4 is 11.1 Å². The van der Waals surface area contributed by atoms with Crippen LogP contribution in [0.3, 0.4) is 0 Å². The molecule has 8 nitrogen and oxygen atoms in total. The minimum atomic E-state index is -0.851. The lowest BCUT2D eigenvalue weighted by molar-refractivity contribution is -0.137. The Bertz CT molecular complexity index is 376. The number of nitrogen functional groups attached to an aromatic ring is 1. The normalized spacial score (nSPS) is 10.0. The van der Waals surface area contributed by atoms with Crippen molar-refractivity contribution in [3.8, 4) is 0 Å². The Morgan fingerprint density at radius 1 is 1.38 bits per heavy atom. The summed E-state index contributed by atoms with van der Waals surface area (Å²) in [6.07, 6.45) is 1.16. The van der Waals surface area contributed by atoms with Crippen molar-refractivity contribution < 1.29 is 19.3 Å². The van der Waals surface area contributed by atoms with E-state index < -0.39 is 11.9 Å². The van der Waals surface area contributed by atoms with Gasteiger partial charge in [-0.3, -0.25) is 9.59 Å². The van der Waals surface area contributed by atoms with Crippen LogP contribution in [0.1, 0.15) is 29.8 Å². The molecule has 0 aliphatic carbocycles. The van der Waals surface area contributed by atoms with Crippen LogP contribution in [0.5, 0.6) is 0 Å². The van der Waals surface area contributed by atoms with Gasteiger partial charge in [0.15, 0.2) is 0 Å². The van der Waals surface area contributed by atoms with Gasteiger partial charge in [0.25, 0.3) is 5.91 Å². The van der Waals surface area contributed by atoms with E-state index in [0.29, 0.717) is 19.4 Å². The minimum Gasteiger partial charge on any atom is -0.481 e. The molecule has 88 valence electrons. The van der Waals surface area contributed by atoms with E-state index in [9.17, 15) is 9.59 Å². The van der Waals surface area contributed by atoms with Crippen molar-refractivity contribution in [1.82, 2.24) is 15.6 Å². The fourth-order valence-corrected chi connectivity index (χ4v) is 1.04. The molecule has 0 bridgehead atoms. The predicted molar refractivity (Wildman–Crippen MR) is 52.5 cm³/mol. The quantitative estimate of drug-likeness (QED) is 0.566. The highest BCUT2D eigenvalue weighted by Crippen LogP contribution is 2.03. The summed E-state index contributed by atoms with van der Waals surface area (Å²) in [5.41, 5.74) is 5.25. The number of nitrogens with two attached hydrogens (primary N) is 1. The highest BCUT2D eigenvalue weighted by atomic mass is 16.6. The smallest absolute Gasteiger partial charge is 0.303 e. The standard InChI is InChI=1S/C8H12N4O4/c9-7-6(11-16-12-7)8(15)10-4-2-1-3-5(13)14/h1-4H2,(H2,9,12)(H,10,15)(H,13,14). The van der Waals surface area contributed by atoms with Crippen LogP contribution in [0.25, 0.3) is 0 Å². The molecule has 0 aliphatic heterocycles. The second-order valence-electron chi connectivity index (χ2n) is 3.10. The summed E-state index contributed by atoms with van der Waals surface area (Å²) in [6.45, 7) is 0.360. The second kappa shape index (κ2) is 5.69. The number of carbonyl (C=O) groups is 2. The van der Waals surface area contributed by atoms with Gasteiger partial charge in [-0.15, -0.1) is 0 Å².